The highest BCUT2D eigenvalue weighted by atomic mass is 16.5. The zero-order valence-corrected chi connectivity index (χ0v) is 18.6. The molecule has 0 saturated heterocycles. The van der Waals surface area contributed by atoms with Gasteiger partial charge in [-0.2, -0.15) is 5.10 Å². The summed E-state index contributed by atoms with van der Waals surface area (Å²) in [5.74, 6) is -0.00253. The quantitative estimate of drug-likeness (QED) is 0.501. The average Bonchev–Trinajstić information content (AvgIpc) is 3.25. The normalized spacial score (nSPS) is 11.4. The number of aromatic nitrogens is 4. The van der Waals surface area contributed by atoms with Crippen LogP contribution in [0.25, 0.3) is 11.1 Å². The third kappa shape index (κ3) is 4.08. The van der Waals surface area contributed by atoms with Crippen molar-refractivity contribution in [3.05, 3.63) is 75.9 Å². The summed E-state index contributed by atoms with van der Waals surface area (Å²) in [5.41, 5.74) is 6.58. The molecule has 0 bridgehead atoms. The van der Waals surface area contributed by atoms with Crippen molar-refractivity contribution in [1.82, 2.24) is 25.2 Å². The monoisotopic (exact) mass is 417 g/mol. The van der Waals surface area contributed by atoms with E-state index in [2.05, 4.69) is 32.7 Å². The molecule has 1 amide bonds. The Morgan fingerprint density at radius 2 is 1.87 bits per heavy atom. The van der Waals surface area contributed by atoms with Gasteiger partial charge in [0.1, 0.15) is 0 Å². The summed E-state index contributed by atoms with van der Waals surface area (Å²) in [6.45, 7) is 11.0. The fourth-order valence-electron chi connectivity index (χ4n) is 3.75. The smallest absolute Gasteiger partial charge is 0.259 e. The molecule has 3 aromatic heterocycles. The summed E-state index contributed by atoms with van der Waals surface area (Å²) in [4.78, 5) is 17.6. The number of carbonyl (C=O) groups excluding carboxylic acids is 1. The van der Waals surface area contributed by atoms with Gasteiger partial charge in [0.15, 0.2) is 0 Å². The van der Waals surface area contributed by atoms with Gasteiger partial charge >= 0.3 is 0 Å². The van der Waals surface area contributed by atoms with Crippen molar-refractivity contribution in [2.24, 2.45) is 0 Å². The average molecular weight is 418 g/mol. The minimum Gasteiger partial charge on any atom is -0.348 e. The van der Waals surface area contributed by atoms with E-state index in [1.807, 2.05) is 63.6 Å². The Kier molecular flexibility index (Phi) is 5.59. The number of hydrogen-bond donors (Lipinski definition) is 1. The molecular weight excluding hydrogens is 390 g/mol. The number of carbonyl (C=O) groups is 1. The Morgan fingerprint density at radius 3 is 2.58 bits per heavy atom. The van der Waals surface area contributed by atoms with Crippen LogP contribution < -0.4 is 5.32 Å². The summed E-state index contributed by atoms with van der Waals surface area (Å²) in [5, 5.41) is 12.4. The lowest BCUT2D eigenvalue weighted by Gasteiger charge is -2.10. The second-order valence-corrected chi connectivity index (χ2v) is 8.17. The van der Waals surface area contributed by atoms with Crippen LogP contribution in [0.5, 0.6) is 0 Å². The van der Waals surface area contributed by atoms with Gasteiger partial charge in [-0.15, -0.1) is 0 Å². The van der Waals surface area contributed by atoms with Crippen molar-refractivity contribution in [2.75, 3.05) is 0 Å². The fraction of sp³-hybridized carbons (Fsp3) is 0.333. The molecule has 0 aliphatic rings. The molecule has 4 aromatic rings. The molecule has 3 heterocycles. The third-order valence-corrected chi connectivity index (χ3v) is 5.61. The Bertz CT molecular complexity index is 1240. The Morgan fingerprint density at radius 1 is 1.13 bits per heavy atom. The van der Waals surface area contributed by atoms with E-state index in [4.69, 9.17) is 4.52 Å². The molecular formula is C24H27N5O2. The van der Waals surface area contributed by atoms with Gasteiger partial charge in [0, 0.05) is 23.5 Å². The molecule has 0 spiro atoms. The number of benzene rings is 1. The van der Waals surface area contributed by atoms with Gasteiger partial charge in [0.2, 0.25) is 0 Å². The molecule has 0 fully saturated rings. The van der Waals surface area contributed by atoms with Crippen LogP contribution >= 0.6 is 0 Å². The van der Waals surface area contributed by atoms with Crippen molar-refractivity contribution in [1.29, 1.82) is 0 Å². The van der Waals surface area contributed by atoms with Gasteiger partial charge in [-0.05, 0) is 38.3 Å². The molecule has 7 nitrogen and oxygen atoms in total. The van der Waals surface area contributed by atoms with Crippen LogP contribution in [0.15, 0.2) is 40.9 Å². The first-order chi connectivity index (χ1) is 14.8. The van der Waals surface area contributed by atoms with Crippen LogP contribution in [0.1, 0.15) is 64.0 Å². The van der Waals surface area contributed by atoms with E-state index in [0.29, 0.717) is 35.4 Å². The Balaban J connectivity index is 1.58. The number of aryl methyl sites for hydroxylation is 2. The number of nitrogens with zero attached hydrogens (tertiary/aromatic N) is 4. The zero-order chi connectivity index (χ0) is 22.1. The summed E-state index contributed by atoms with van der Waals surface area (Å²) >= 11 is 0. The molecule has 0 radical (unpaired) electrons. The Labute approximate surface area is 181 Å². The number of hydrogen-bond acceptors (Lipinski definition) is 5. The number of pyridine rings is 1. The van der Waals surface area contributed by atoms with Gasteiger partial charge < -0.3 is 9.84 Å². The number of rotatable bonds is 6. The van der Waals surface area contributed by atoms with Crippen molar-refractivity contribution in [3.63, 3.8) is 0 Å². The molecule has 0 unspecified atom stereocenters. The first kappa shape index (κ1) is 20.8. The van der Waals surface area contributed by atoms with Gasteiger partial charge in [-0.3, -0.25) is 9.48 Å². The fourth-order valence-corrected chi connectivity index (χ4v) is 3.75. The highest BCUT2D eigenvalue weighted by molar-refractivity contribution is 6.06. The summed E-state index contributed by atoms with van der Waals surface area (Å²) in [7, 11) is 0. The van der Waals surface area contributed by atoms with E-state index in [1.54, 1.807) is 0 Å². The molecule has 160 valence electrons. The van der Waals surface area contributed by atoms with Crippen molar-refractivity contribution < 1.29 is 9.32 Å². The highest BCUT2D eigenvalue weighted by Gasteiger charge is 2.20. The molecule has 0 aliphatic heterocycles. The van der Waals surface area contributed by atoms with Crippen LogP contribution in [-0.2, 0) is 13.1 Å². The van der Waals surface area contributed by atoms with Crippen LogP contribution in [0, 0.1) is 20.8 Å². The lowest BCUT2D eigenvalue weighted by Crippen LogP contribution is -2.24. The molecule has 7 heteroatoms. The number of fused-ring (bicyclic) bond motifs is 1. The predicted molar refractivity (Wildman–Crippen MR) is 119 cm³/mol. The summed E-state index contributed by atoms with van der Waals surface area (Å²) in [6, 6.07) is 12.1. The molecule has 0 aliphatic carbocycles. The van der Waals surface area contributed by atoms with Crippen molar-refractivity contribution in [3.8, 4) is 0 Å². The van der Waals surface area contributed by atoms with Crippen LogP contribution in [0.3, 0.4) is 0 Å². The van der Waals surface area contributed by atoms with Crippen molar-refractivity contribution >= 4 is 17.0 Å². The van der Waals surface area contributed by atoms with Crippen LogP contribution in [0.4, 0.5) is 0 Å². The maximum atomic E-state index is 13.1. The molecule has 4 rings (SSSR count). The van der Waals surface area contributed by atoms with Crippen LogP contribution in [-0.4, -0.2) is 25.8 Å². The maximum absolute atomic E-state index is 13.1. The third-order valence-electron chi connectivity index (χ3n) is 5.61. The van der Waals surface area contributed by atoms with Gasteiger partial charge in [0.05, 0.1) is 28.9 Å². The SMILES string of the molecule is Cc1nn(Cc2ccccc2)c(C)c1CNC(=O)c1cc(C(C)C)nc2onc(C)c12. The summed E-state index contributed by atoms with van der Waals surface area (Å²) in [6.07, 6.45) is 0. The first-order valence-corrected chi connectivity index (χ1v) is 10.5. The van der Waals surface area contributed by atoms with Gasteiger partial charge in [0.25, 0.3) is 11.6 Å². The maximum Gasteiger partial charge on any atom is 0.259 e. The molecule has 31 heavy (non-hydrogen) atoms. The molecule has 1 N–H and O–H groups in total. The predicted octanol–water partition coefficient (Wildman–Crippen LogP) is 4.45. The van der Waals surface area contributed by atoms with E-state index in [-0.39, 0.29) is 11.8 Å². The summed E-state index contributed by atoms with van der Waals surface area (Å²) < 4.78 is 7.32. The van der Waals surface area contributed by atoms with Crippen LogP contribution in [0.2, 0.25) is 0 Å². The highest BCUT2D eigenvalue weighted by Crippen LogP contribution is 2.25. The zero-order valence-electron chi connectivity index (χ0n) is 18.6. The Hall–Kier alpha value is -3.48. The molecule has 1 aromatic carbocycles. The van der Waals surface area contributed by atoms with Gasteiger partial charge in [-0.25, -0.2) is 4.98 Å². The lowest BCUT2D eigenvalue weighted by atomic mass is 10.0. The van der Waals surface area contributed by atoms with Crippen molar-refractivity contribution in [2.45, 2.75) is 53.6 Å². The van der Waals surface area contributed by atoms with E-state index >= 15 is 0 Å². The minimum absolute atomic E-state index is 0.169. The van der Waals surface area contributed by atoms with E-state index in [1.165, 1.54) is 5.56 Å². The lowest BCUT2D eigenvalue weighted by molar-refractivity contribution is 0.0952. The first-order valence-electron chi connectivity index (χ1n) is 10.5. The topological polar surface area (TPSA) is 85.8 Å². The molecule has 0 saturated carbocycles. The second kappa shape index (κ2) is 8.34. The second-order valence-electron chi connectivity index (χ2n) is 8.17. The largest absolute Gasteiger partial charge is 0.348 e. The molecule has 0 atom stereocenters. The standard InChI is InChI=1S/C24H27N5O2/c1-14(2)21-11-19(22-16(4)28-31-24(22)26-21)23(30)25-12-20-15(3)27-29(17(20)5)13-18-9-7-6-8-10-18/h6-11,14H,12-13H2,1-5H3,(H,25,30). The minimum atomic E-state index is -0.171. The van der Waals surface area contributed by atoms with E-state index in [0.717, 1.165) is 22.6 Å². The van der Waals surface area contributed by atoms with E-state index < -0.39 is 0 Å². The number of amides is 1. The van der Waals surface area contributed by atoms with E-state index in [9.17, 15) is 4.79 Å². The number of nitrogens with one attached hydrogen (secondary N) is 1. The van der Waals surface area contributed by atoms with Gasteiger partial charge in [-0.1, -0.05) is 49.3 Å².